The number of nitrogens with one attached hydrogen (secondary N) is 1. The van der Waals surface area contributed by atoms with Crippen LogP contribution in [0.1, 0.15) is 19.8 Å². The van der Waals surface area contributed by atoms with E-state index >= 15 is 0 Å². The molecule has 0 saturated carbocycles. The van der Waals surface area contributed by atoms with Crippen molar-refractivity contribution in [2.45, 2.75) is 25.8 Å². The molecule has 0 aromatic heterocycles. The Bertz CT molecular complexity index is 203. The Balaban J connectivity index is 2.05. The smallest absolute Gasteiger partial charge is 0.0613 e. The predicted octanol–water partition coefficient (Wildman–Crippen LogP) is 0.885. The topological polar surface area (TPSA) is 27.7 Å². The van der Waals surface area contributed by atoms with Crippen molar-refractivity contribution in [1.29, 1.82) is 0 Å². The molecule has 1 heterocycles. The molecule has 1 atom stereocenters. The molecule has 0 bridgehead atoms. The van der Waals surface area contributed by atoms with E-state index < -0.39 is 0 Å². The Hall–Kier alpha value is -0.160. The normalized spacial score (nSPS) is 20.5. The van der Waals surface area contributed by atoms with Gasteiger partial charge in [-0.3, -0.25) is 0 Å². The van der Waals surface area contributed by atoms with Crippen LogP contribution in [0.3, 0.4) is 0 Å². The molecule has 0 aliphatic carbocycles. The lowest BCUT2D eigenvalue weighted by molar-refractivity contribution is 0.151. The number of ether oxygens (including phenoxy) is 1. The van der Waals surface area contributed by atoms with Crippen LogP contribution in [0.15, 0.2) is 0 Å². The van der Waals surface area contributed by atoms with Crippen molar-refractivity contribution in [2.75, 3.05) is 60.5 Å². The summed E-state index contributed by atoms with van der Waals surface area (Å²) >= 11 is 0. The first-order valence-corrected chi connectivity index (χ1v) is 7.21. The second kappa shape index (κ2) is 8.86. The second-order valence-electron chi connectivity index (χ2n) is 5.86. The van der Waals surface area contributed by atoms with E-state index in [1.54, 1.807) is 7.11 Å². The highest BCUT2D eigenvalue weighted by Gasteiger charge is 2.19. The molecule has 108 valence electrons. The number of methoxy groups -OCH3 is 1. The van der Waals surface area contributed by atoms with E-state index in [9.17, 15) is 0 Å². The summed E-state index contributed by atoms with van der Waals surface area (Å²) in [7, 11) is 6.11. The molecular weight excluding hydrogens is 226 g/mol. The van der Waals surface area contributed by atoms with Crippen LogP contribution in [-0.2, 0) is 4.74 Å². The van der Waals surface area contributed by atoms with Crippen LogP contribution < -0.4 is 5.32 Å². The number of hydrogen-bond acceptors (Lipinski definition) is 4. The molecule has 1 rings (SSSR count). The number of likely N-dealkylation sites (tertiary alicyclic amines) is 1. The first-order valence-electron chi connectivity index (χ1n) is 7.21. The van der Waals surface area contributed by atoms with Gasteiger partial charge >= 0.3 is 0 Å². The third-order valence-corrected chi connectivity index (χ3v) is 3.67. The minimum atomic E-state index is 0.460. The molecule has 0 aromatic carbocycles. The molecule has 1 saturated heterocycles. The fourth-order valence-electron chi connectivity index (χ4n) is 2.69. The van der Waals surface area contributed by atoms with Gasteiger partial charge in [0, 0.05) is 32.8 Å². The molecule has 1 aliphatic rings. The van der Waals surface area contributed by atoms with E-state index in [1.807, 2.05) is 0 Å². The number of hydrogen-bond donors (Lipinski definition) is 1. The first-order chi connectivity index (χ1) is 8.61. The number of rotatable bonds is 8. The minimum absolute atomic E-state index is 0.460. The molecule has 0 amide bonds. The molecule has 18 heavy (non-hydrogen) atoms. The first kappa shape index (κ1) is 15.9. The summed E-state index contributed by atoms with van der Waals surface area (Å²) in [5.41, 5.74) is 0. The lowest BCUT2D eigenvalue weighted by atomic mass is 9.96. The Kier molecular flexibility index (Phi) is 7.82. The van der Waals surface area contributed by atoms with E-state index in [2.05, 4.69) is 36.1 Å². The number of nitrogens with zero attached hydrogens (tertiary/aromatic N) is 2. The monoisotopic (exact) mass is 257 g/mol. The summed E-state index contributed by atoms with van der Waals surface area (Å²) in [6, 6.07) is 0.460. The minimum Gasteiger partial charge on any atom is -0.383 e. The van der Waals surface area contributed by atoms with Crippen LogP contribution in [0.5, 0.6) is 0 Å². The lowest BCUT2D eigenvalue weighted by Crippen LogP contribution is -2.42. The van der Waals surface area contributed by atoms with Crippen molar-refractivity contribution in [3.05, 3.63) is 0 Å². The van der Waals surface area contributed by atoms with Gasteiger partial charge in [-0.2, -0.15) is 0 Å². The second-order valence-corrected chi connectivity index (χ2v) is 5.86. The fourth-order valence-corrected chi connectivity index (χ4v) is 2.69. The molecular formula is C14H31N3O. The van der Waals surface area contributed by atoms with Crippen molar-refractivity contribution in [2.24, 2.45) is 5.92 Å². The van der Waals surface area contributed by atoms with Crippen molar-refractivity contribution in [3.8, 4) is 0 Å². The molecule has 0 radical (unpaired) electrons. The zero-order valence-electron chi connectivity index (χ0n) is 12.6. The third-order valence-electron chi connectivity index (χ3n) is 3.67. The average Bonchev–Trinajstić information content (AvgIpc) is 2.31. The van der Waals surface area contributed by atoms with Gasteiger partial charge in [-0.25, -0.2) is 0 Å². The van der Waals surface area contributed by atoms with E-state index in [0.29, 0.717) is 6.04 Å². The summed E-state index contributed by atoms with van der Waals surface area (Å²) in [6.07, 6.45) is 2.71. The van der Waals surface area contributed by atoms with Crippen molar-refractivity contribution < 1.29 is 4.74 Å². The molecule has 1 N–H and O–H groups in total. The van der Waals surface area contributed by atoms with Gasteiger partial charge in [0.2, 0.25) is 0 Å². The van der Waals surface area contributed by atoms with Crippen LogP contribution in [0.4, 0.5) is 0 Å². The predicted molar refractivity (Wildman–Crippen MR) is 77.1 cm³/mol. The highest BCUT2D eigenvalue weighted by Crippen LogP contribution is 2.17. The number of piperidine rings is 1. The zero-order chi connectivity index (χ0) is 13.4. The SMILES string of the molecule is COCC(C)NCCN1CCC(CN(C)C)CC1. The van der Waals surface area contributed by atoms with E-state index in [0.717, 1.165) is 19.1 Å². The van der Waals surface area contributed by atoms with Crippen LogP contribution in [0.2, 0.25) is 0 Å². The largest absolute Gasteiger partial charge is 0.383 e. The summed E-state index contributed by atoms with van der Waals surface area (Å²) in [6.45, 7) is 8.98. The maximum Gasteiger partial charge on any atom is 0.0613 e. The van der Waals surface area contributed by atoms with Gasteiger partial charge in [-0.1, -0.05) is 0 Å². The molecule has 1 fully saturated rings. The van der Waals surface area contributed by atoms with Crippen LogP contribution in [0, 0.1) is 5.92 Å². The quantitative estimate of drug-likeness (QED) is 0.699. The third kappa shape index (κ3) is 6.69. The van der Waals surface area contributed by atoms with Gasteiger partial charge in [0.05, 0.1) is 6.61 Å². The standard InChI is InChI=1S/C14H31N3O/c1-13(12-18-4)15-7-10-17-8-5-14(6-9-17)11-16(2)3/h13-15H,5-12H2,1-4H3. The van der Waals surface area contributed by atoms with E-state index in [4.69, 9.17) is 4.74 Å². The van der Waals surface area contributed by atoms with Crippen LogP contribution in [-0.4, -0.2) is 76.4 Å². The maximum absolute atomic E-state index is 5.12. The molecule has 0 spiro atoms. The van der Waals surface area contributed by atoms with E-state index in [1.165, 1.54) is 39.0 Å². The van der Waals surface area contributed by atoms with Crippen molar-refractivity contribution in [3.63, 3.8) is 0 Å². The van der Waals surface area contributed by atoms with Gasteiger partial charge in [0.25, 0.3) is 0 Å². The highest BCUT2D eigenvalue weighted by molar-refractivity contribution is 4.74. The summed E-state index contributed by atoms with van der Waals surface area (Å²) in [5.74, 6) is 0.900. The van der Waals surface area contributed by atoms with Crippen molar-refractivity contribution >= 4 is 0 Å². The Morgan fingerprint density at radius 2 is 2.00 bits per heavy atom. The van der Waals surface area contributed by atoms with Gasteiger partial charge in [0.1, 0.15) is 0 Å². The van der Waals surface area contributed by atoms with E-state index in [-0.39, 0.29) is 0 Å². The van der Waals surface area contributed by atoms with Crippen molar-refractivity contribution in [1.82, 2.24) is 15.1 Å². The van der Waals surface area contributed by atoms with Gasteiger partial charge in [0.15, 0.2) is 0 Å². The average molecular weight is 257 g/mol. The molecule has 4 nitrogen and oxygen atoms in total. The summed E-state index contributed by atoms with van der Waals surface area (Å²) in [5, 5.41) is 3.50. The highest BCUT2D eigenvalue weighted by atomic mass is 16.5. The Labute approximate surface area is 113 Å². The van der Waals surface area contributed by atoms with Crippen LogP contribution in [0.25, 0.3) is 0 Å². The summed E-state index contributed by atoms with van der Waals surface area (Å²) in [4.78, 5) is 4.90. The van der Waals surface area contributed by atoms with Gasteiger partial charge < -0.3 is 19.9 Å². The maximum atomic E-state index is 5.12. The fraction of sp³-hybridized carbons (Fsp3) is 1.00. The summed E-state index contributed by atoms with van der Waals surface area (Å²) < 4.78 is 5.12. The molecule has 0 aromatic rings. The molecule has 4 heteroatoms. The molecule has 1 unspecified atom stereocenters. The van der Waals surface area contributed by atoms with Gasteiger partial charge in [-0.15, -0.1) is 0 Å². The van der Waals surface area contributed by atoms with Crippen LogP contribution >= 0.6 is 0 Å². The molecule has 1 aliphatic heterocycles. The Morgan fingerprint density at radius 3 is 2.56 bits per heavy atom. The zero-order valence-corrected chi connectivity index (χ0v) is 12.6. The lowest BCUT2D eigenvalue weighted by Gasteiger charge is -2.33. The van der Waals surface area contributed by atoms with Gasteiger partial charge in [-0.05, 0) is 52.9 Å². The Morgan fingerprint density at radius 1 is 1.33 bits per heavy atom.